The highest BCUT2D eigenvalue weighted by Crippen LogP contribution is 2.19. The van der Waals surface area contributed by atoms with Gasteiger partial charge in [0.05, 0.1) is 18.5 Å². The number of sulfonamides is 1. The molecular formula is C22H30N2O4S. The Morgan fingerprint density at radius 3 is 2.34 bits per heavy atom. The maximum atomic E-state index is 12.1. The number of aryl methyl sites for hydroxylation is 3. The van der Waals surface area contributed by atoms with Gasteiger partial charge in [-0.25, -0.2) is 8.42 Å². The van der Waals surface area contributed by atoms with E-state index in [0.29, 0.717) is 25.3 Å². The van der Waals surface area contributed by atoms with Crippen LogP contribution in [0.15, 0.2) is 42.5 Å². The van der Waals surface area contributed by atoms with Crippen molar-refractivity contribution >= 4 is 21.6 Å². The van der Waals surface area contributed by atoms with Crippen molar-refractivity contribution in [3.63, 3.8) is 0 Å². The third-order valence-corrected chi connectivity index (χ3v) is 5.85. The molecule has 0 aliphatic heterocycles. The second-order valence-corrected chi connectivity index (χ2v) is 9.13. The van der Waals surface area contributed by atoms with Crippen LogP contribution in [0.3, 0.4) is 0 Å². The Morgan fingerprint density at radius 1 is 1.03 bits per heavy atom. The zero-order chi connectivity index (χ0) is 21.4. The number of anilines is 1. The lowest BCUT2D eigenvalue weighted by atomic mass is 10.1. The molecule has 1 amide bonds. The summed E-state index contributed by atoms with van der Waals surface area (Å²) in [5.74, 6) is 0.662. The maximum absolute atomic E-state index is 12.1. The molecule has 29 heavy (non-hydrogen) atoms. The van der Waals surface area contributed by atoms with Crippen LogP contribution in [-0.4, -0.2) is 40.3 Å². The quantitative estimate of drug-likeness (QED) is 0.601. The Morgan fingerprint density at radius 2 is 1.72 bits per heavy atom. The zero-order valence-corrected chi connectivity index (χ0v) is 18.4. The Kier molecular flexibility index (Phi) is 8.08. The second kappa shape index (κ2) is 10.3. The van der Waals surface area contributed by atoms with Gasteiger partial charge in [-0.15, -0.1) is 0 Å². The molecule has 2 aromatic carbocycles. The van der Waals surface area contributed by atoms with Crippen molar-refractivity contribution in [3.8, 4) is 5.75 Å². The standard InChI is InChI=1S/C22H30N2O4S/c1-17-7-10-20(11-8-17)24(29(4,26)27)14-5-6-22(25)23-13-15-28-21-12-9-18(2)19(3)16-21/h7-12,16H,5-6,13-15H2,1-4H3,(H,23,25). The fourth-order valence-corrected chi connectivity index (χ4v) is 3.80. The molecule has 0 aliphatic rings. The Bertz CT molecular complexity index is 924. The van der Waals surface area contributed by atoms with Crippen LogP contribution in [0, 0.1) is 20.8 Å². The molecular weight excluding hydrogens is 388 g/mol. The molecule has 0 atom stereocenters. The first kappa shape index (κ1) is 22.7. The summed E-state index contributed by atoms with van der Waals surface area (Å²) >= 11 is 0. The Labute approximate surface area is 173 Å². The lowest BCUT2D eigenvalue weighted by Crippen LogP contribution is -2.32. The highest BCUT2D eigenvalue weighted by molar-refractivity contribution is 7.92. The summed E-state index contributed by atoms with van der Waals surface area (Å²) in [5, 5.41) is 2.81. The number of ether oxygens (including phenoxy) is 1. The predicted molar refractivity (Wildman–Crippen MR) is 117 cm³/mol. The number of nitrogens with zero attached hydrogens (tertiary/aromatic N) is 1. The average Bonchev–Trinajstić information content (AvgIpc) is 2.65. The van der Waals surface area contributed by atoms with Crippen molar-refractivity contribution in [1.29, 1.82) is 0 Å². The minimum atomic E-state index is -3.41. The number of carbonyl (C=O) groups is 1. The van der Waals surface area contributed by atoms with Crippen molar-refractivity contribution < 1.29 is 17.9 Å². The summed E-state index contributed by atoms with van der Waals surface area (Å²) in [6.07, 6.45) is 1.86. The van der Waals surface area contributed by atoms with Gasteiger partial charge in [0.15, 0.2) is 0 Å². The van der Waals surface area contributed by atoms with E-state index in [-0.39, 0.29) is 18.9 Å². The van der Waals surface area contributed by atoms with Crippen molar-refractivity contribution in [3.05, 3.63) is 59.2 Å². The van der Waals surface area contributed by atoms with E-state index in [1.807, 2.05) is 51.1 Å². The van der Waals surface area contributed by atoms with Crippen molar-refractivity contribution in [2.75, 3.05) is 30.3 Å². The van der Waals surface area contributed by atoms with Crippen LogP contribution in [0.5, 0.6) is 5.75 Å². The molecule has 1 N–H and O–H groups in total. The van der Waals surface area contributed by atoms with Gasteiger partial charge in [-0.1, -0.05) is 23.8 Å². The number of hydrogen-bond donors (Lipinski definition) is 1. The topological polar surface area (TPSA) is 75.7 Å². The van der Waals surface area contributed by atoms with Gasteiger partial charge in [0.25, 0.3) is 0 Å². The van der Waals surface area contributed by atoms with E-state index in [0.717, 1.165) is 16.9 Å². The number of carbonyl (C=O) groups excluding carboxylic acids is 1. The molecule has 158 valence electrons. The maximum Gasteiger partial charge on any atom is 0.232 e. The minimum Gasteiger partial charge on any atom is -0.492 e. The van der Waals surface area contributed by atoms with Gasteiger partial charge < -0.3 is 10.1 Å². The van der Waals surface area contributed by atoms with Crippen LogP contribution in [0.25, 0.3) is 0 Å². The monoisotopic (exact) mass is 418 g/mol. The molecule has 0 aromatic heterocycles. The smallest absolute Gasteiger partial charge is 0.232 e. The van der Waals surface area contributed by atoms with Crippen LogP contribution < -0.4 is 14.4 Å². The number of benzene rings is 2. The molecule has 2 aromatic rings. The molecule has 0 aliphatic carbocycles. The summed E-state index contributed by atoms with van der Waals surface area (Å²) in [7, 11) is -3.41. The van der Waals surface area contributed by atoms with Crippen LogP contribution >= 0.6 is 0 Å². The third-order valence-electron chi connectivity index (χ3n) is 4.66. The van der Waals surface area contributed by atoms with Crippen molar-refractivity contribution in [2.24, 2.45) is 0 Å². The normalized spacial score (nSPS) is 11.2. The van der Waals surface area contributed by atoms with Gasteiger partial charge in [0.2, 0.25) is 15.9 Å². The van der Waals surface area contributed by atoms with Crippen molar-refractivity contribution in [1.82, 2.24) is 5.32 Å². The fourth-order valence-electron chi connectivity index (χ4n) is 2.83. The lowest BCUT2D eigenvalue weighted by molar-refractivity contribution is -0.121. The van der Waals surface area contributed by atoms with E-state index < -0.39 is 10.0 Å². The highest BCUT2D eigenvalue weighted by Gasteiger charge is 2.17. The summed E-state index contributed by atoms with van der Waals surface area (Å²) < 4.78 is 31.2. The van der Waals surface area contributed by atoms with Gasteiger partial charge in [-0.05, 0) is 62.6 Å². The molecule has 0 saturated carbocycles. The first-order chi connectivity index (χ1) is 13.7. The van der Waals surface area contributed by atoms with Gasteiger partial charge in [-0.3, -0.25) is 9.10 Å². The van der Waals surface area contributed by atoms with Gasteiger partial charge in [0.1, 0.15) is 12.4 Å². The SMILES string of the molecule is Cc1ccc(N(CCCC(=O)NCCOc2ccc(C)c(C)c2)S(C)(=O)=O)cc1. The first-order valence-corrected chi connectivity index (χ1v) is 11.5. The Balaban J connectivity index is 1.74. The summed E-state index contributed by atoms with van der Waals surface area (Å²) in [6, 6.07) is 13.2. The number of hydrogen-bond acceptors (Lipinski definition) is 4. The molecule has 0 fully saturated rings. The molecule has 2 rings (SSSR count). The average molecular weight is 419 g/mol. The number of rotatable bonds is 10. The molecule has 7 heteroatoms. The Hall–Kier alpha value is -2.54. The highest BCUT2D eigenvalue weighted by atomic mass is 32.2. The molecule has 0 heterocycles. The zero-order valence-electron chi connectivity index (χ0n) is 17.6. The third kappa shape index (κ3) is 7.42. The molecule has 0 bridgehead atoms. The van der Waals surface area contributed by atoms with E-state index in [9.17, 15) is 13.2 Å². The van der Waals surface area contributed by atoms with Gasteiger partial charge in [-0.2, -0.15) is 0 Å². The van der Waals surface area contributed by atoms with E-state index in [1.165, 1.54) is 16.1 Å². The van der Waals surface area contributed by atoms with E-state index in [2.05, 4.69) is 5.32 Å². The van der Waals surface area contributed by atoms with Gasteiger partial charge >= 0.3 is 0 Å². The van der Waals surface area contributed by atoms with E-state index >= 15 is 0 Å². The van der Waals surface area contributed by atoms with Crippen LogP contribution in [0.2, 0.25) is 0 Å². The molecule has 0 unspecified atom stereocenters. The first-order valence-electron chi connectivity index (χ1n) is 9.68. The number of nitrogens with one attached hydrogen (secondary N) is 1. The fraction of sp³-hybridized carbons (Fsp3) is 0.409. The molecule has 0 radical (unpaired) electrons. The van der Waals surface area contributed by atoms with Crippen LogP contribution in [0.1, 0.15) is 29.5 Å². The molecule has 6 nitrogen and oxygen atoms in total. The lowest BCUT2D eigenvalue weighted by Gasteiger charge is -2.22. The summed E-state index contributed by atoms with van der Waals surface area (Å²) in [5.41, 5.74) is 4.04. The summed E-state index contributed by atoms with van der Waals surface area (Å²) in [6.45, 7) is 7.06. The van der Waals surface area contributed by atoms with E-state index in [4.69, 9.17) is 4.74 Å². The number of amides is 1. The minimum absolute atomic E-state index is 0.119. The summed E-state index contributed by atoms with van der Waals surface area (Å²) in [4.78, 5) is 12.0. The van der Waals surface area contributed by atoms with Crippen LogP contribution in [-0.2, 0) is 14.8 Å². The van der Waals surface area contributed by atoms with Gasteiger partial charge in [0, 0.05) is 13.0 Å². The van der Waals surface area contributed by atoms with Crippen LogP contribution in [0.4, 0.5) is 5.69 Å². The molecule has 0 spiro atoms. The van der Waals surface area contributed by atoms with Crippen molar-refractivity contribution in [2.45, 2.75) is 33.6 Å². The predicted octanol–water partition coefficient (Wildman–Crippen LogP) is 3.35. The molecule has 0 saturated heterocycles. The van der Waals surface area contributed by atoms with E-state index in [1.54, 1.807) is 12.1 Å². The largest absolute Gasteiger partial charge is 0.492 e. The second-order valence-electron chi connectivity index (χ2n) is 7.22.